The maximum absolute atomic E-state index is 13.3. The van der Waals surface area contributed by atoms with Crippen molar-refractivity contribution in [2.75, 3.05) is 19.8 Å². The number of carbonyl (C=O) groups excluding carboxylic acids is 1. The van der Waals surface area contributed by atoms with E-state index in [2.05, 4.69) is 4.98 Å². The first-order valence-electron chi connectivity index (χ1n) is 12.1. The average Bonchev–Trinajstić information content (AvgIpc) is 2.89. The van der Waals surface area contributed by atoms with Crippen molar-refractivity contribution in [3.63, 3.8) is 0 Å². The van der Waals surface area contributed by atoms with Gasteiger partial charge in [-0.1, -0.05) is 35.9 Å². The Balaban J connectivity index is 1.50. The highest BCUT2D eigenvalue weighted by Crippen LogP contribution is 2.33. The number of aliphatic carboxylic acids is 1. The molecule has 1 aromatic heterocycles. The van der Waals surface area contributed by atoms with E-state index in [0.717, 1.165) is 36.0 Å². The molecule has 2 aromatic carbocycles. The zero-order valence-electron chi connectivity index (χ0n) is 19.8. The third kappa shape index (κ3) is 5.31. The quantitative estimate of drug-likeness (QED) is 0.520. The molecule has 1 atom stereocenters. The van der Waals surface area contributed by atoms with Crippen LogP contribution in [0.5, 0.6) is 11.6 Å². The summed E-state index contributed by atoms with van der Waals surface area (Å²) in [6, 6.07) is 14.9. The van der Waals surface area contributed by atoms with E-state index in [1.165, 1.54) is 5.56 Å². The summed E-state index contributed by atoms with van der Waals surface area (Å²) in [5, 5.41) is 10.0. The minimum atomic E-state index is -0.886. The van der Waals surface area contributed by atoms with Crippen LogP contribution in [0.25, 0.3) is 0 Å². The van der Waals surface area contributed by atoms with Crippen LogP contribution < -0.4 is 9.47 Å². The number of nitrogens with zero attached hydrogens (tertiary/aromatic N) is 2. The summed E-state index contributed by atoms with van der Waals surface area (Å²) in [6.45, 7) is 2.01. The lowest BCUT2D eigenvalue weighted by molar-refractivity contribution is -0.137. The Kier molecular flexibility index (Phi) is 7.09. The van der Waals surface area contributed by atoms with Gasteiger partial charge >= 0.3 is 5.97 Å². The van der Waals surface area contributed by atoms with Crippen LogP contribution in [0.3, 0.4) is 0 Å². The second-order valence-corrected chi connectivity index (χ2v) is 9.54. The highest BCUT2D eigenvalue weighted by molar-refractivity contribution is 6.32. The van der Waals surface area contributed by atoms with Crippen molar-refractivity contribution in [2.24, 2.45) is 0 Å². The number of carboxylic acids is 1. The number of carboxylic acid groups (broad SMARTS) is 1. The van der Waals surface area contributed by atoms with Crippen LogP contribution in [0.4, 0.5) is 0 Å². The normalized spacial score (nSPS) is 17.9. The fourth-order valence-corrected chi connectivity index (χ4v) is 4.98. The first kappa shape index (κ1) is 24.1. The largest absolute Gasteiger partial charge is 0.492 e. The van der Waals surface area contributed by atoms with E-state index < -0.39 is 5.97 Å². The van der Waals surface area contributed by atoms with Gasteiger partial charge in [0, 0.05) is 36.8 Å². The Labute approximate surface area is 214 Å². The van der Waals surface area contributed by atoms with Crippen LogP contribution in [0, 0.1) is 0 Å². The molecule has 8 rings (SSSR count). The topological polar surface area (TPSA) is 89.0 Å². The number of benzene rings is 2. The van der Waals surface area contributed by atoms with Gasteiger partial charge in [0.05, 0.1) is 24.7 Å². The van der Waals surface area contributed by atoms with Crippen molar-refractivity contribution < 1.29 is 24.2 Å². The Morgan fingerprint density at radius 1 is 1.03 bits per heavy atom. The minimum absolute atomic E-state index is 0.0613. The number of pyridine rings is 1. The summed E-state index contributed by atoms with van der Waals surface area (Å²) in [6.07, 6.45) is 3.89. The summed E-state index contributed by atoms with van der Waals surface area (Å²) in [5.74, 6) is -0.293. The number of hydrogen-bond acceptors (Lipinski definition) is 5. The molecule has 7 bridgehead atoms. The molecular formula is C28H27ClN2O5. The SMILES string of the molecule is O=C(O)CC1c2ccc(nc2)OCCCCOc2ccc(cc2Cl)C(=O)N2CCc3ccc1cc3C2. The fraction of sp³-hybridized carbons (Fsp3) is 0.321. The standard InChI is InChI=1S/C28H27ClN2O5/c29-24-14-20-5-7-25(24)35-11-1-2-12-36-26-8-6-21(16-30-26)23(15-27(32)33)19-4-3-18-9-10-31(28(20)34)17-22(18)13-19/h3-8,13-14,16,23H,1-2,9-12,15,17H2,(H,32,33). The lowest BCUT2D eigenvalue weighted by Gasteiger charge is -2.30. The minimum Gasteiger partial charge on any atom is -0.492 e. The number of ether oxygens (including phenoxy) is 2. The molecule has 5 aliphatic heterocycles. The smallest absolute Gasteiger partial charge is 0.304 e. The van der Waals surface area contributed by atoms with Gasteiger partial charge in [-0.2, -0.15) is 0 Å². The lowest BCUT2D eigenvalue weighted by atomic mass is 9.86. The first-order valence-corrected chi connectivity index (χ1v) is 12.5. The molecule has 1 amide bonds. The molecule has 8 heteroatoms. The Morgan fingerprint density at radius 2 is 1.83 bits per heavy atom. The molecule has 0 fully saturated rings. The molecule has 0 aliphatic carbocycles. The van der Waals surface area contributed by atoms with Gasteiger partial charge in [0.25, 0.3) is 5.91 Å². The van der Waals surface area contributed by atoms with Gasteiger partial charge in [-0.25, -0.2) is 4.98 Å². The van der Waals surface area contributed by atoms with E-state index in [4.69, 9.17) is 21.1 Å². The molecule has 3 aromatic rings. The third-order valence-corrected chi connectivity index (χ3v) is 6.99. The van der Waals surface area contributed by atoms with E-state index >= 15 is 0 Å². The second-order valence-electron chi connectivity index (χ2n) is 9.13. The van der Waals surface area contributed by atoms with Crippen LogP contribution in [-0.2, 0) is 17.8 Å². The van der Waals surface area contributed by atoms with E-state index in [-0.39, 0.29) is 18.2 Å². The van der Waals surface area contributed by atoms with E-state index in [0.29, 0.717) is 48.5 Å². The molecular weight excluding hydrogens is 480 g/mol. The summed E-state index contributed by atoms with van der Waals surface area (Å²) < 4.78 is 11.6. The monoisotopic (exact) mass is 506 g/mol. The molecule has 0 saturated heterocycles. The van der Waals surface area contributed by atoms with Crippen molar-refractivity contribution in [3.8, 4) is 11.6 Å². The molecule has 186 valence electrons. The fourth-order valence-electron chi connectivity index (χ4n) is 4.75. The summed E-state index contributed by atoms with van der Waals surface area (Å²) in [7, 11) is 0. The molecule has 5 aliphatic rings. The zero-order valence-corrected chi connectivity index (χ0v) is 20.5. The van der Waals surface area contributed by atoms with Crippen molar-refractivity contribution in [3.05, 3.63) is 87.6 Å². The molecule has 0 saturated carbocycles. The maximum Gasteiger partial charge on any atom is 0.304 e. The molecule has 0 spiro atoms. The lowest BCUT2D eigenvalue weighted by Crippen LogP contribution is -2.36. The van der Waals surface area contributed by atoms with Crippen LogP contribution in [-0.4, -0.2) is 46.6 Å². The highest BCUT2D eigenvalue weighted by atomic mass is 35.5. The van der Waals surface area contributed by atoms with Crippen molar-refractivity contribution in [1.82, 2.24) is 9.88 Å². The van der Waals surface area contributed by atoms with Crippen LogP contribution >= 0.6 is 11.6 Å². The third-order valence-electron chi connectivity index (χ3n) is 6.70. The molecule has 1 N–H and O–H groups in total. The Morgan fingerprint density at radius 3 is 2.58 bits per heavy atom. The van der Waals surface area contributed by atoms with Crippen molar-refractivity contribution >= 4 is 23.5 Å². The van der Waals surface area contributed by atoms with Crippen LogP contribution in [0.2, 0.25) is 5.02 Å². The van der Waals surface area contributed by atoms with Gasteiger partial charge < -0.3 is 19.5 Å². The Bertz CT molecular complexity index is 1280. The predicted octanol–water partition coefficient (Wildman–Crippen LogP) is 5.09. The number of amides is 1. The summed E-state index contributed by atoms with van der Waals surface area (Å²) in [4.78, 5) is 31.2. The van der Waals surface area contributed by atoms with Crippen molar-refractivity contribution in [1.29, 1.82) is 0 Å². The zero-order chi connectivity index (χ0) is 25.1. The van der Waals surface area contributed by atoms with Gasteiger partial charge in [0.1, 0.15) is 5.75 Å². The molecule has 7 nitrogen and oxygen atoms in total. The van der Waals surface area contributed by atoms with Gasteiger partial charge in [0.15, 0.2) is 0 Å². The predicted molar refractivity (Wildman–Crippen MR) is 135 cm³/mol. The number of aromatic nitrogens is 1. The second kappa shape index (κ2) is 10.6. The van der Waals surface area contributed by atoms with Gasteiger partial charge in [-0.05, 0) is 59.7 Å². The average molecular weight is 507 g/mol. The van der Waals surface area contributed by atoms with Crippen molar-refractivity contribution in [2.45, 2.75) is 38.1 Å². The molecule has 6 heterocycles. The van der Waals surface area contributed by atoms with E-state index in [1.54, 1.807) is 35.4 Å². The maximum atomic E-state index is 13.3. The van der Waals surface area contributed by atoms with Crippen LogP contribution in [0.15, 0.2) is 54.7 Å². The van der Waals surface area contributed by atoms with Gasteiger partial charge in [-0.15, -0.1) is 0 Å². The van der Waals surface area contributed by atoms with Gasteiger partial charge in [0.2, 0.25) is 5.88 Å². The number of halogens is 1. The first-order chi connectivity index (χ1) is 17.5. The molecule has 36 heavy (non-hydrogen) atoms. The molecule has 0 radical (unpaired) electrons. The molecule has 1 unspecified atom stereocenters. The number of carbonyl (C=O) groups is 2. The highest BCUT2D eigenvalue weighted by Gasteiger charge is 2.25. The Hall–Kier alpha value is -3.58. The number of rotatable bonds is 2. The summed E-state index contributed by atoms with van der Waals surface area (Å²) >= 11 is 6.42. The number of hydrogen-bond donors (Lipinski definition) is 1. The van der Waals surface area contributed by atoms with Gasteiger partial charge in [-0.3, -0.25) is 9.59 Å². The summed E-state index contributed by atoms with van der Waals surface area (Å²) in [5.41, 5.74) is 4.39. The van der Waals surface area contributed by atoms with E-state index in [1.807, 2.05) is 24.3 Å². The van der Waals surface area contributed by atoms with Crippen LogP contribution in [0.1, 0.15) is 57.8 Å². The van der Waals surface area contributed by atoms with E-state index in [9.17, 15) is 14.7 Å².